The highest BCUT2D eigenvalue weighted by Gasteiger charge is 2.14. The summed E-state index contributed by atoms with van der Waals surface area (Å²) < 4.78 is 0. The number of pyridine rings is 1. The highest BCUT2D eigenvalue weighted by atomic mass is 35.5. The fraction of sp³-hybridized carbons (Fsp3) is 0.238. The number of nitrogens with zero attached hydrogens (tertiary/aromatic N) is 2. The van der Waals surface area contributed by atoms with Crippen molar-refractivity contribution in [3.63, 3.8) is 0 Å². The van der Waals surface area contributed by atoms with Gasteiger partial charge in [-0.1, -0.05) is 53.6 Å². The number of hydrogen-bond donors (Lipinski definition) is 0. The molecule has 0 saturated carbocycles. The summed E-state index contributed by atoms with van der Waals surface area (Å²) in [5, 5.41) is 1.51. The van der Waals surface area contributed by atoms with Gasteiger partial charge in [0.1, 0.15) is 5.15 Å². The highest BCUT2D eigenvalue weighted by Crippen LogP contribution is 2.25. The summed E-state index contributed by atoms with van der Waals surface area (Å²) in [6, 6.07) is 16.2. The zero-order valence-corrected chi connectivity index (χ0v) is 15.5. The van der Waals surface area contributed by atoms with E-state index in [4.69, 9.17) is 11.6 Å². The highest BCUT2D eigenvalue weighted by molar-refractivity contribution is 6.30. The zero-order chi connectivity index (χ0) is 18.0. The van der Waals surface area contributed by atoms with E-state index in [9.17, 15) is 4.79 Å². The third kappa shape index (κ3) is 3.99. The molecule has 0 aliphatic carbocycles. The van der Waals surface area contributed by atoms with Crippen molar-refractivity contribution < 1.29 is 4.79 Å². The summed E-state index contributed by atoms with van der Waals surface area (Å²) in [5.74, 6) is 0.0143. The number of hydrogen-bond acceptors (Lipinski definition) is 2. The van der Waals surface area contributed by atoms with Gasteiger partial charge in [-0.15, -0.1) is 0 Å². The Kier molecular flexibility index (Phi) is 5.05. The van der Waals surface area contributed by atoms with E-state index in [0.717, 1.165) is 27.6 Å². The number of rotatable bonds is 4. The molecule has 25 heavy (non-hydrogen) atoms. The van der Waals surface area contributed by atoms with Gasteiger partial charge in [-0.05, 0) is 37.1 Å². The molecule has 0 aliphatic heterocycles. The van der Waals surface area contributed by atoms with Crippen LogP contribution >= 0.6 is 11.6 Å². The summed E-state index contributed by atoms with van der Waals surface area (Å²) in [4.78, 5) is 18.4. The molecule has 1 heterocycles. The molecule has 0 N–H and O–H groups in total. The van der Waals surface area contributed by atoms with E-state index in [1.165, 1.54) is 5.56 Å². The normalized spacial score (nSPS) is 10.9. The van der Waals surface area contributed by atoms with Crippen molar-refractivity contribution in [3.05, 3.63) is 75.9 Å². The Labute approximate surface area is 153 Å². The van der Waals surface area contributed by atoms with Crippen LogP contribution in [0.4, 0.5) is 0 Å². The maximum Gasteiger partial charge on any atom is 0.220 e. The first-order chi connectivity index (χ1) is 11.9. The molecule has 0 fully saturated rings. The molecule has 3 nitrogen and oxygen atoms in total. The van der Waals surface area contributed by atoms with E-state index in [0.29, 0.717) is 18.2 Å². The lowest BCUT2D eigenvalue weighted by Crippen LogP contribution is -2.27. The van der Waals surface area contributed by atoms with Crippen molar-refractivity contribution in [1.82, 2.24) is 9.88 Å². The average molecular weight is 353 g/mol. The molecule has 0 bridgehead atoms. The Hall–Kier alpha value is -2.39. The second-order valence-corrected chi connectivity index (χ2v) is 6.81. The van der Waals surface area contributed by atoms with Crippen molar-refractivity contribution in [2.24, 2.45) is 0 Å². The second kappa shape index (κ2) is 7.24. The molecule has 3 aromatic rings. The van der Waals surface area contributed by atoms with Gasteiger partial charge in [0.15, 0.2) is 0 Å². The van der Waals surface area contributed by atoms with Crippen LogP contribution in [-0.2, 0) is 17.9 Å². The van der Waals surface area contributed by atoms with E-state index in [2.05, 4.69) is 24.0 Å². The summed E-state index contributed by atoms with van der Waals surface area (Å²) in [6.45, 7) is 6.68. The monoisotopic (exact) mass is 352 g/mol. The predicted octanol–water partition coefficient (Wildman–Crippen LogP) is 5.05. The standard InChI is InChI=1S/C21H21ClN2O/c1-14-9-15(2)20-18(10-14)11-19(21(22)23-20)13-24(16(3)25)12-17-7-5-4-6-8-17/h4-11H,12-13H2,1-3H3. The Balaban J connectivity index is 1.94. The van der Waals surface area contributed by atoms with Crippen molar-refractivity contribution >= 4 is 28.4 Å². The van der Waals surface area contributed by atoms with Gasteiger partial charge >= 0.3 is 0 Å². The minimum Gasteiger partial charge on any atom is -0.334 e. The number of aromatic nitrogens is 1. The second-order valence-electron chi connectivity index (χ2n) is 6.45. The van der Waals surface area contributed by atoms with Gasteiger partial charge in [-0.3, -0.25) is 4.79 Å². The molecule has 0 spiro atoms. The third-order valence-electron chi connectivity index (χ3n) is 4.30. The summed E-state index contributed by atoms with van der Waals surface area (Å²) in [6.07, 6.45) is 0. The number of aryl methyl sites for hydroxylation is 2. The fourth-order valence-corrected chi connectivity index (χ4v) is 3.27. The van der Waals surface area contributed by atoms with Gasteiger partial charge in [0.25, 0.3) is 0 Å². The maximum atomic E-state index is 12.1. The summed E-state index contributed by atoms with van der Waals surface area (Å²) >= 11 is 6.42. The van der Waals surface area contributed by atoms with Gasteiger partial charge in [-0.2, -0.15) is 0 Å². The maximum absolute atomic E-state index is 12.1. The van der Waals surface area contributed by atoms with Crippen LogP contribution in [0.2, 0.25) is 5.15 Å². The molecular weight excluding hydrogens is 332 g/mol. The molecule has 128 valence electrons. The van der Waals surface area contributed by atoms with Crippen LogP contribution < -0.4 is 0 Å². The van der Waals surface area contributed by atoms with Crippen LogP contribution in [0, 0.1) is 13.8 Å². The molecule has 0 radical (unpaired) electrons. The number of carbonyl (C=O) groups is 1. The first kappa shape index (κ1) is 17.4. The molecule has 0 unspecified atom stereocenters. The molecule has 4 heteroatoms. The Bertz CT molecular complexity index is 922. The van der Waals surface area contributed by atoms with E-state index >= 15 is 0 Å². The van der Waals surface area contributed by atoms with Gasteiger partial charge in [-0.25, -0.2) is 4.98 Å². The lowest BCUT2D eigenvalue weighted by molar-refractivity contribution is -0.130. The minimum absolute atomic E-state index is 0.0143. The number of fused-ring (bicyclic) bond motifs is 1. The average Bonchev–Trinajstić information content (AvgIpc) is 2.56. The van der Waals surface area contributed by atoms with Crippen molar-refractivity contribution in [1.29, 1.82) is 0 Å². The number of carbonyl (C=O) groups excluding carboxylic acids is 1. The molecule has 0 aliphatic rings. The first-order valence-electron chi connectivity index (χ1n) is 8.30. The molecule has 0 atom stereocenters. The minimum atomic E-state index is 0.0143. The lowest BCUT2D eigenvalue weighted by atomic mass is 10.1. The van der Waals surface area contributed by atoms with Crippen LogP contribution in [0.3, 0.4) is 0 Å². The lowest BCUT2D eigenvalue weighted by Gasteiger charge is -2.22. The molecular formula is C21H21ClN2O. The molecule has 1 aromatic heterocycles. The smallest absolute Gasteiger partial charge is 0.220 e. The van der Waals surface area contributed by atoms with Crippen LogP contribution in [0.15, 0.2) is 48.5 Å². The van der Waals surface area contributed by atoms with Crippen molar-refractivity contribution in [3.8, 4) is 0 Å². The fourth-order valence-electron chi connectivity index (χ4n) is 3.07. The molecule has 3 rings (SSSR count). The first-order valence-corrected chi connectivity index (χ1v) is 8.67. The van der Waals surface area contributed by atoms with E-state index in [1.54, 1.807) is 11.8 Å². The Morgan fingerprint density at radius 1 is 1.08 bits per heavy atom. The van der Waals surface area contributed by atoms with E-state index in [-0.39, 0.29) is 5.91 Å². The van der Waals surface area contributed by atoms with Crippen LogP contribution in [0.25, 0.3) is 10.9 Å². The predicted molar refractivity (Wildman–Crippen MR) is 103 cm³/mol. The quantitative estimate of drug-likeness (QED) is 0.615. The van der Waals surface area contributed by atoms with Crippen molar-refractivity contribution in [2.45, 2.75) is 33.9 Å². The van der Waals surface area contributed by atoms with Gasteiger partial charge < -0.3 is 4.90 Å². The molecule has 0 saturated heterocycles. The van der Waals surface area contributed by atoms with E-state index in [1.807, 2.05) is 43.3 Å². The number of amides is 1. The Morgan fingerprint density at radius 3 is 2.48 bits per heavy atom. The van der Waals surface area contributed by atoms with Gasteiger partial charge in [0.2, 0.25) is 5.91 Å². The van der Waals surface area contributed by atoms with Crippen LogP contribution in [0.1, 0.15) is 29.2 Å². The zero-order valence-electron chi connectivity index (χ0n) is 14.7. The SMILES string of the molecule is CC(=O)N(Cc1ccccc1)Cc1cc2cc(C)cc(C)c2nc1Cl. The topological polar surface area (TPSA) is 33.2 Å². The van der Waals surface area contributed by atoms with Crippen LogP contribution in [0.5, 0.6) is 0 Å². The third-order valence-corrected chi connectivity index (χ3v) is 4.63. The van der Waals surface area contributed by atoms with Crippen molar-refractivity contribution in [2.75, 3.05) is 0 Å². The van der Waals surface area contributed by atoms with E-state index < -0.39 is 0 Å². The number of halogens is 1. The summed E-state index contributed by atoms with van der Waals surface area (Å²) in [7, 11) is 0. The summed E-state index contributed by atoms with van der Waals surface area (Å²) in [5.41, 5.74) is 5.17. The molecule has 1 amide bonds. The van der Waals surface area contributed by atoms with Gasteiger partial charge in [0.05, 0.1) is 5.52 Å². The van der Waals surface area contributed by atoms with Crippen LogP contribution in [-0.4, -0.2) is 15.8 Å². The number of benzene rings is 2. The largest absolute Gasteiger partial charge is 0.334 e. The Morgan fingerprint density at radius 2 is 1.80 bits per heavy atom. The molecule has 2 aromatic carbocycles. The van der Waals surface area contributed by atoms with Gasteiger partial charge in [0, 0.05) is 31.0 Å².